The Kier molecular flexibility index (Phi) is 3.80. The summed E-state index contributed by atoms with van der Waals surface area (Å²) in [6.45, 7) is 6.27. The number of hydrogen-bond acceptors (Lipinski definition) is 0. The van der Waals surface area contributed by atoms with Crippen molar-refractivity contribution in [2.24, 2.45) is 0 Å². The van der Waals surface area contributed by atoms with Crippen LogP contribution in [0.4, 0.5) is 0 Å². The molecule has 1 aliphatic carbocycles. The Morgan fingerprint density at radius 2 is 2.00 bits per heavy atom. The first-order chi connectivity index (χ1) is 6.29. The summed E-state index contributed by atoms with van der Waals surface area (Å²) in [5, 5.41) is 0.951. The standard InChI is InChI=1S/C10H11Cl.C2H6/c1-7-5-6-9-8(7)3-2-4-10(9)11;1-2/h2-4,7H,5-6H2,1H3;1-2H3. The molecule has 2 rings (SSSR count). The topological polar surface area (TPSA) is 0 Å². The van der Waals surface area contributed by atoms with E-state index in [9.17, 15) is 0 Å². The van der Waals surface area contributed by atoms with Gasteiger partial charge in [-0.25, -0.2) is 0 Å². The number of halogens is 1. The number of fused-ring (bicyclic) bond motifs is 1. The first-order valence-corrected chi connectivity index (χ1v) is 5.44. The zero-order chi connectivity index (χ0) is 9.84. The molecule has 0 heterocycles. The molecule has 1 aliphatic rings. The fourth-order valence-corrected chi connectivity index (χ4v) is 2.09. The van der Waals surface area contributed by atoms with E-state index in [1.165, 1.54) is 17.5 Å². The van der Waals surface area contributed by atoms with E-state index in [1.807, 2.05) is 26.0 Å². The predicted molar refractivity (Wildman–Crippen MR) is 59.5 cm³/mol. The lowest BCUT2D eigenvalue weighted by Crippen LogP contribution is -1.85. The fraction of sp³-hybridized carbons (Fsp3) is 0.500. The van der Waals surface area contributed by atoms with Crippen molar-refractivity contribution in [2.45, 2.75) is 39.5 Å². The van der Waals surface area contributed by atoms with E-state index in [0.717, 1.165) is 11.4 Å². The highest BCUT2D eigenvalue weighted by Crippen LogP contribution is 2.36. The average Bonchev–Trinajstić information content (AvgIpc) is 2.53. The quantitative estimate of drug-likeness (QED) is 0.577. The zero-order valence-corrected chi connectivity index (χ0v) is 9.36. The fourth-order valence-electron chi connectivity index (χ4n) is 1.82. The molecule has 13 heavy (non-hydrogen) atoms. The number of hydrogen-bond donors (Lipinski definition) is 0. The highest BCUT2D eigenvalue weighted by Gasteiger charge is 2.19. The molecule has 72 valence electrons. The lowest BCUT2D eigenvalue weighted by Gasteiger charge is -2.03. The maximum atomic E-state index is 6.03. The smallest absolute Gasteiger partial charge is 0.0440 e. The minimum Gasteiger partial charge on any atom is -0.0840 e. The average molecular weight is 197 g/mol. The third kappa shape index (κ3) is 2.05. The van der Waals surface area contributed by atoms with Gasteiger partial charge in [-0.3, -0.25) is 0 Å². The van der Waals surface area contributed by atoms with Gasteiger partial charge in [-0.15, -0.1) is 0 Å². The molecular weight excluding hydrogens is 180 g/mol. The van der Waals surface area contributed by atoms with Crippen LogP contribution in [0.2, 0.25) is 5.02 Å². The van der Waals surface area contributed by atoms with Crippen molar-refractivity contribution in [2.75, 3.05) is 0 Å². The summed E-state index contributed by atoms with van der Waals surface area (Å²) in [6, 6.07) is 6.22. The minimum atomic E-state index is 0.712. The van der Waals surface area contributed by atoms with Gasteiger partial charge < -0.3 is 0 Å². The lowest BCUT2D eigenvalue weighted by molar-refractivity contribution is 0.747. The van der Waals surface area contributed by atoms with Gasteiger partial charge in [0, 0.05) is 5.02 Å². The van der Waals surface area contributed by atoms with Crippen molar-refractivity contribution in [3.05, 3.63) is 34.3 Å². The maximum absolute atomic E-state index is 6.03. The Morgan fingerprint density at radius 3 is 2.62 bits per heavy atom. The normalized spacial score (nSPS) is 18.9. The molecule has 0 saturated carbocycles. The van der Waals surface area contributed by atoms with Crippen molar-refractivity contribution in [3.63, 3.8) is 0 Å². The molecule has 1 aromatic rings. The van der Waals surface area contributed by atoms with Crippen LogP contribution in [-0.2, 0) is 6.42 Å². The zero-order valence-electron chi connectivity index (χ0n) is 8.60. The van der Waals surface area contributed by atoms with E-state index < -0.39 is 0 Å². The lowest BCUT2D eigenvalue weighted by atomic mass is 10.0. The molecule has 0 saturated heterocycles. The van der Waals surface area contributed by atoms with Crippen LogP contribution in [0.25, 0.3) is 0 Å². The van der Waals surface area contributed by atoms with Gasteiger partial charge in [-0.05, 0) is 36.0 Å². The predicted octanol–water partition coefficient (Wildman–Crippen LogP) is 4.42. The molecule has 0 fully saturated rings. The van der Waals surface area contributed by atoms with Crippen LogP contribution in [0.1, 0.15) is 44.2 Å². The molecule has 0 amide bonds. The molecule has 0 nitrogen and oxygen atoms in total. The molecule has 0 aliphatic heterocycles. The Morgan fingerprint density at radius 1 is 1.31 bits per heavy atom. The van der Waals surface area contributed by atoms with Crippen LogP contribution < -0.4 is 0 Å². The van der Waals surface area contributed by atoms with Crippen molar-refractivity contribution >= 4 is 11.6 Å². The van der Waals surface area contributed by atoms with Gasteiger partial charge in [0.25, 0.3) is 0 Å². The Bertz CT molecular complexity index is 278. The highest BCUT2D eigenvalue weighted by molar-refractivity contribution is 6.31. The van der Waals surface area contributed by atoms with Crippen molar-refractivity contribution in [3.8, 4) is 0 Å². The molecule has 0 bridgehead atoms. The van der Waals surface area contributed by atoms with Crippen molar-refractivity contribution in [1.29, 1.82) is 0 Å². The first-order valence-electron chi connectivity index (χ1n) is 5.06. The second kappa shape index (κ2) is 4.66. The Labute approximate surface area is 85.9 Å². The molecule has 1 aromatic carbocycles. The first kappa shape index (κ1) is 10.6. The Balaban J connectivity index is 0.000000396. The van der Waals surface area contributed by atoms with Gasteiger partial charge in [-0.2, -0.15) is 0 Å². The van der Waals surface area contributed by atoms with E-state index in [-0.39, 0.29) is 0 Å². The van der Waals surface area contributed by atoms with E-state index in [2.05, 4.69) is 13.0 Å². The molecule has 0 spiro atoms. The van der Waals surface area contributed by atoms with Gasteiger partial charge in [0.2, 0.25) is 0 Å². The largest absolute Gasteiger partial charge is 0.0840 e. The summed E-state index contributed by atoms with van der Waals surface area (Å²) in [5.74, 6) is 0.712. The minimum absolute atomic E-state index is 0.712. The third-order valence-electron chi connectivity index (χ3n) is 2.51. The molecule has 1 atom stereocenters. The van der Waals surface area contributed by atoms with Crippen LogP contribution in [0.15, 0.2) is 18.2 Å². The van der Waals surface area contributed by atoms with Crippen molar-refractivity contribution in [1.82, 2.24) is 0 Å². The van der Waals surface area contributed by atoms with E-state index in [1.54, 1.807) is 0 Å². The summed E-state index contributed by atoms with van der Waals surface area (Å²) in [6.07, 6.45) is 2.43. The second-order valence-electron chi connectivity index (χ2n) is 3.25. The summed E-state index contributed by atoms with van der Waals surface area (Å²) >= 11 is 6.03. The van der Waals surface area contributed by atoms with E-state index in [4.69, 9.17) is 11.6 Å². The van der Waals surface area contributed by atoms with Crippen LogP contribution in [0.3, 0.4) is 0 Å². The monoisotopic (exact) mass is 196 g/mol. The molecule has 0 aromatic heterocycles. The third-order valence-corrected chi connectivity index (χ3v) is 2.87. The van der Waals surface area contributed by atoms with Gasteiger partial charge in [0.1, 0.15) is 0 Å². The summed E-state index contributed by atoms with van der Waals surface area (Å²) in [7, 11) is 0. The van der Waals surface area contributed by atoms with E-state index in [0.29, 0.717) is 5.92 Å². The summed E-state index contributed by atoms with van der Waals surface area (Å²) in [5.41, 5.74) is 2.83. The van der Waals surface area contributed by atoms with Crippen LogP contribution in [0.5, 0.6) is 0 Å². The Hall–Kier alpha value is -0.490. The number of rotatable bonds is 0. The highest BCUT2D eigenvalue weighted by atomic mass is 35.5. The van der Waals surface area contributed by atoms with Gasteiger partial charge in [0.05, 0.1) is 0 Å². The SMILES string of the molecule is CC.CC1CCc2c(Cl)cccc21. The molecule has 1 unspecified atom stereocenters. The van der Waals surface area contributed by atoms with E-state index >= 15 is 0 Å². The summed E-state index contributed by atoms with van der Waals surface area (Å²) < 4.78 is 0. The van der Waals surface area contributed by atoms with Crippen molar-refractivity contribution < 1.29 is 0 Å². The number of benzene rings is 1. The molecule has 0 radical (unpaired) electrons. The van der Waals surface area contributed by atoms with Gasteiger partial charge >= 0.3 is 0 Å². The van der Waals surface area contributed by atoms with Crippen LogP contribution in [0, 0.1) is 0 Å². The van der Waals surface area contributed by atoms with Crippen LogP contribution >= 0.6 is 11.6 Å². The van der Waals surface area contributed by atoms with Gasteiger partial charge in [-0.1, -0.05) is 44.5 Å². The molecular formula is C12H17Cl. The maximum Gasteiger partial charge on any atom is 0.0440 e. The molecule has 1 heteroatoms. The van der Waals surface area contributed by atoms with Crippen LogP contribution in [-0.4, -0.2) is 0 Å². The van der Waals surface area contributed by atoms with Gasteiger partial charge in [0.15, 0.2) is 0 Å². The second-order valence-corrected chi connectivity index (χ2v) is 3.65. The molecule has 0 N–H and O–H groups in total. The summed E-state index contributed by atoms with van der Waals surface area (Å²) in [4.78, 5) is 0.